The Labute approximate surface area is 154 Å². The molecule has 0 aliphatic carbocycles. The van der Waals surface area contributed by atoms with E-state index in [1.54, 1.807) is 0 Å². The van der Waals surface area contributed by atoms with Crippen molar-refractivity contribution in [1.29, 1.82) is 0 Å². The van der Waals surface area contributed by atoms with Crippen LogP contribution in [0.4, 0.5) is 0 Å². The monoisotopic (exact) mass is 360 g/mol. The SMILES string of the molecule is O=P(C1=C(Cc2ccccc2)OCC1)(c1ccccc1)c1ccccc1. The van der Waals surface area contributed by atoms with Crippen molar-refractivity contribution in [2.75, 3.05) is 6.61 Å². The molecule has 0 fully saturated rings. The minimum atomic E-state index is -2.91. The van der Waals surface area contributed by atoms with Crippen LogP contribution in [0, 0.1) is 0 Å². The molecule has 3 heteroatoms. The summed E-state index contributed by atoms with van der Waals surface area (Å²) in [6.07, 6.45) is 1.39. The van der Waals surface area contributed by atoms with Gasteiger partial charge in [-0.2, -0.15) is 0 Å². The second-order valence-corrected chi connectivity index (χ2v) is 9.20. The van der Waals surface area contributed by atoms with Gasteiger partial charge in [-0.3, -0.25) is 0 Å². The van der Waals surface area contributed by atoms with Crippen LogP contribution in [-0.2, 0) is 15.7 Å². The first-order chi connectivity index (χ1) is 12.8. The van der Waals surface area contributed by atoms with Crippen LogP contribution >= 0.6 is 7.14 Å². The van der Waals surface area contributed by atoms with Gasteiger partial charge < -0.3 is 9.30 Å². The molecule has 0 radical (unpaired) electrons. The molecule has 4 rings (SSSR count). The third-order valence-electron chi connectivity index (χ3n) is 4.76. The van der Waals surface area contributed by atoms with Gasteiger partial charge in [-0.05, 0) is 5.56 Å². The van der Waals surface area contributed by atoms with Crippen LogP contribution in [0.25, 0.3) is 0 Å². The maximum absolute atomic E-state index is 14.5. The third-order valence-corrected chi connectivity index (χ3v) is 8.05. The molecular formula is C23H21O2P. The molecule has 1 aliphatic heterocycles. The van der Waals surface area contributed by atoms with Gasteiger partial charge in [-0.15, -0.1) is 0 Å². The molecule has 0 bridgehead atoms. The Kier molecular flexibility index (Phi) is 4.77. The number of allylic oxidation sites excluding steroid dienone is 1. The van der Waals surface area contributed by atoms with Crippen LogP contribution in [0.5, 0.6) is 0 Å². The number of rotatable bonds is 5. The highest BCUT2D eigenvalue weighted by molar-refractivity contribution is 7.82. The van der Waals surface area contributed by atoms with Crippen molar-refractivity contribution in [2.24, 2.45) is 0 Å². The normalized spacial score (nSPS) is 14.3. The Morgan fingerprint density at radius 3 is 1.77 bits per heavy atom. The molecule has 0 unspecified atom stereocenters. The third kappa shape index (κ3) is 3.13. The fraction of sp³-hybridized carbons (Fsp3) is 0.130. The van der Waals surface area contributed by atoms with Crippen molar-refractivity contribution >= 4 is 17.8 Å². The molecule has 3 aromatic rings. The van der Waals surface area contributed by atoms with Crippen molar-refractivity contribution in [3.8, 4) is 0 Å². The van der Waals surface area contributed by atoms with Gasteiger partial charge in [0.1, 0.15) is 5.76 Å². The zero-order valence-corrected chi connectivity index (χ0v) is 15.4. The average Bonchev–Trinajstić information content (AvgIpc) is 3.18. The number of ether oxygens (including phenoxy) is 1. The predicted octanol–water partition coefficient (Wildman–Crippen LogP) is 4.88. The summed E-state index contributed by atoms with van der Waals surface area (Å²) in [4.78, 5) is 0. The highest BCUT2D eigenvalue weighted by Crippen LogP contribution is 2.56. The first-order valence-electron chi connectivity index (χ1n) is 8.89. The average molecular weight is 360 g/mol. The fourth-order valence-electron chi connectivity index (χ4n) is 3.50. The number of benzene rings is 3. The molecule has 0 spiro atoms. The lowest BCUT2D eigenvalue weighted by atomic mass is 10.1. The smallest absolute Gasteiger partial charge is 0.170 e. The van der Waals surface area contributed by atoms with E-state index in [1.165, 1.54) is 5.56 Å². The van der Waals surface area contributed by atoms with Crippen molar-refractivity contribution in [1.82, 2.24) is 0 Å². The quantitative estimate of drug-likeness (QED) is 0.607. The summed E-state index contributed by atoms with van der Waals surface area (Å²) in [5.41, 5.74) is 1.18. The standard InChI is InChI=1S/C23H21O2P/c24-26(20-12-6-2-7-13-20,21-14-8-3-9-15-21)23-16-17-25-22(23)18-19-10-4-1-5-11-19/h1-15H,16-18H2. The fourth-order valence-corrected chi connectivity index (χ4v) is 6.50. The lowest BCUT2D eigenvalue weighted by molar-refractivity contribution is 0.239. The summed E-state index contributed by atoms with van der Waals surface area (Å²) >= 11 is 0. The summed E-state index contributed by atoms with van der Waals surface area (Å²) in [6, 6.07) is 29.9. The number of hydrogen-bond donors (Lipinski definition) is 0. The minimum Gasteiger partial charge on any atom is -0.497 e. The van der Waals surface area contributed by atoms with Crippen LogP contribution in [0.2, 0.25) is 0 Å². The zero-order chi connectivity index (χ0) is 17.8. The molecule has 0 saturated heterocycles. The molecule has 1 aliphatic rings. The van der Waals surface area contributed by atoms with Crippen molar-refractivity contribution < 1.29 is 9.30 Å². The first-order valence-corrected chi connectivity index (χ1v) is 10.6. The summed E-state index contributed by atoms with van der Waals surface area (Å²) in [6.45, 7) is 0.598. The van der Waals surface area contributed by atoms with Crippen LogP contribution < -0.4 is 10.6 Å². The summed E-state index contributed by atoms with van der Waals surface area (Å²) in [7, 11) is -2.91. The second kappa shape index (κ2) is 7.35. The molecule has 0 amide bonds. The Morgan fingerprint density at radius 1 is 0.731 bits per heavy atom. The highest BCUT2D eigenvalue weighted by atomic mass is 31.2. The van der Waals surface area contributed by atoms with Gasteiger partial charge in [-0.1, -0.05) is 91.0 Å². The zero-order valence-electron chi connectivity index (χ0n) is 14.5. The molecule has 0 aromatic heterocycles. The van der Waals surface area contributed by atoms with Crippen molar-refractivity contribution in [2.45, 2.75) is 12.8 Å². The van der Waals surface area contributed by atoms with E-state index in [4.69, 9.17) is 4.74 Å². The molecule has 3 aromatic carbocycles. The van der Waals surface area contributed by atoms with Crippen molar-refractivity contribution in [3.63, 3.8) is 0 Å². The largest absolute Gasteiger partial charge is 0.497 e. The van der Waals surface area contributed by atoms with Crippen LogP contribution in [0.3, 0.4) is 0 Å². The van der Waals surface area contributed by atoms with Gasteiger partial charge in [0.05, 0.1) is 6.61 Å². The molecule has 0 atom stereocenters. The van der Waals surface area contributed by atoms with E-state index in [0.29, 0.717) is 19.4 Å². The van der Waals surface area contributed by atoms with Crippen LogP contribution in [0.1, 0.15) is 12.0 Å². The molecule has 130 valence electrons. The Balaban J connectivity index is 1.86. The van der Waals surface area contributed by atoms with Crippen LogP contribution in [0.15, 0.2) is 102 Å². The lowest BCUT2D eigenvalue weighted by Crippen LogP contribution is -2.17. The van der Waals surface area contributed by atoms with Gasteiger partial charge >= 0.3 is 0 Å². The van der Waals surface area contributed by atoms with Crippen LogP contribution in [-0.4, -0.2) is 6.61 Å². The topological polar surface area (TPSA) is 26.3 Å². The summed E-state index contributed by atoms with van der Waals surface area (Å²) in [5, 5.41) is 2.70. The van der Waals surface area contributed by atoms with Gasteiger partial charge in [0.2, 0.25) is 0 Å². The van der Waals surface area contributed by atoms with E-state index in [-0.39, 0.29) is 0 Å². The van der Waals surface area contributed by atoms with E-state index < -0.39 is 7.14 Å². The van der Waals surface area contributed by atoms with Gasteiger partial charge in [0.15, 0.2) is 7.14 Å². The molecule has 2 nitrogen and oxygen atoms in total. The molecule has 1 heterocycles. The highest BCUT2D eigenvalue weighted by Gasteiger charge is 2.36. The maximum atomic E-state index is 14.5. The summed E-state index contributed by atoms with van der Waals surface area (Å²) in [5.74, 6) is 0.868. The predicted molar refractivity (Wildman–Crippen MR) is 107 cm³/mol. The maximum Gasteiger partial charge on any atom is 0.170 e. The minimum absolute atomic E-state index is 0.598. The van der Waals surface area contributed by atoms with E-state index in [2.05, 4.69) is 12.1 Å². The first kappa shape index (κ1) is 16.9. The second-order valence-electron chi connectivity index (χ2n) is 6.41. The molecular weight excluding hydrogens is 339 g/mol. The van der Waals surface area contributed by atoms with E-state index in [1.807, 2.05) is 78.9 Å². The summed E-state index contributed by atoms with van der Waals surface area (Å²) < 4.78 is 20.4. The van der Waals surface area contributed by atoms with Crippen molar-refractivity contribution in [3.05, 3.63) is 108 Å². The van der Waals surface area contributed by atoms with Gasteiger partial charge in [0, 0.05) is 28.8 Å². The van der Waals surface area contributed by atoms with E-state index in [0.717, 1.165) is 21.7 Å². The van der Waals surface area contributed by atoms with E-state index in [9.17, 15) is 4.57 Å². The van der Waals surface area contributed by atoms with Gasteiger partial charge in [0.25, 0.3) is 0 Å². The van der Waals surface area contributed by atoms with E-state index >= 15 is 0 Å². The molecule has 0 saturated carbocycles. The molecule has 0 N–H and O–H groups in total. The van der Waals surface area contributed by atoms with Gasteiger partial charge in [-0.25, -0.2) is 0 Å². The lowest BCUT2D eigenvalue weighted by Gasteiger charge is -2.21. The molecule has 26 heavy (non-hydrogen) atoms. The Hall–Kier alpha value is -2.57. The Morgan fingerprint density at radius 2 is 1.23 bits per heavy atom. The number of hydrogen-bond acceptors (Lipinski definition) is 2. The Bertz CT molecular complexity index is 904.